The van der Waals surface area contributed by atoms with Crippen LogP contribution in [0.1, 0.15) is 45.2 Å². The standard InChI is InChI=1S/C14H18F5N/c1-4-20-8(6-5-7(2)3)9-10(15)12(17)14(19)13(18)11(9)16/h7-8,20H,4-6H2,1-3H3. The van der Waals surface area contributed by atoms with Crippen molar-refractivity contribution in [2.24, 2.45) is 5.92 Å². The molecule has 114 valence electrons. The molecule has 1 aromatic rings. The Hall–Kier alpha value is -1.17. The highest BCUT2D eigenvalue weighted by molar-refractivity contribution is 5.27. The number of hydrogen-bond donors (Lipinski definition) is 1. The summed E-state index contributed by atoms with van der Waals surface area (Å²) in [6.07, 6.45) is 0.904. The van der Waals surface area contributed by atoms with Crippen LogP contribution in [0.4, 0.5) is 22.0 Å². The molecule has 0 bridgehead atoms. The molecule has 1 rings (SSSR count). The van der Waals surface area contributed by atoms with Crippen LogP contribution < -0.4 is 5.32 Å². The summed E-state index contributed by atoms with van der Waals surface area (Å²) in [5.41, 5.74) is -0.774. The largest absolute Gasteiger partial charge is 0.310 e. The Morgan fingerprint density at radius 2 is 1.25 bits per heavy atom. The van der Waals surface area contributed by atoms with Gasteiger partial charge in [-0.2, -0.15) is 0 Å². The first kappa shape index (κ1) is 16.9. The zero-order chi connectivity index (χ0) is 15.4. The van der Waals surface area contributed by atoms with Crippen LogP contribution in [0.3, 0.4) is 0 Å². The van der Waals surface area contributed by atoms with Crippen molar-refractivity contribution in [1.82, 2.24) is 5.32 Å². The zero-order valence-corrected chi connectivity index (χ0v) is 11.7. The lowest BCUT2D eigenvalue weighted by Gasteiger charge is -2.21. The molecule has 0 aliphatic heterocycles. The van der Waals surface area contributed by atoms with Crippen LogP contribution in [0.25, 0.3) is 0 Å². The van der Waals surface area contributed by atoms with Crippen LogP contribution in [-0.4, -0.2) is 6.54 Å². The Labute approximate surface area is 115 Å². The molecule has 1 N–H and O–H groups in total. The van der Waals surface area contributed by atoms with E-state index < -0.39 is 40.7 Å². The van der Waals surface area contributed by atoms with E-state index in [1.807, 2.05) is 13.8 Å². The van der Waals surface area contributed by atoms with Gasteiger partial charge in [0, 0.05) is 11.6 Å². The normalized spacial score (nSPS) is 13.1. The minimum atomic E-state index is -2.12. The van der Waals surface area contributed by atoms with Crippen molar-refractivity contribution in [1.29, 1.82) is 0 Å². The quantitative estimate of drug-likeness (QED) is 0.464. The van der Waals surface area contributed by atoms with Gasteiger partial charge < -0.3 is 5.32 Å². The number of nitrogens with one attached hydrogen (secondary N) is 1. The predicted molar refractivity (Wildman–Crippen MR) is 66.7 cm³/mol. The monoisotopic (exact) mass is 295 g/mol. The molecule has 6 heteroatoms. The van der Waals surface area contributed by atoms with E-state index in [1.165, 1.54) is 0 Å². The molecule has 0 aromatic heterocycles. The molecule has 0 saturated heterocycles. The Morgan fingerprint density at radius 1 is 0.800 bits per heavy atom. The van der Waals surface area contributed by atoms with Gasteiger partial charge >= 0.3 is 0 Å². The molecule has 1 nitrogen and oxygen atoms in total. The third kappa shape index (κ3) is 3.48. The van der Waals surface area contributed by atoms with Crippen molar-refractivity contribution in [2.75, 3.05) is 6.54 Å². The van der Waals surface area contributed by atoms with Gasteiger partial charge in [-0.1, -0.05) is 20.8 Å². The van der Waals surface area contributed by atoms with Gasteiger partial charge in [-0.15, -0.1) is 0 Å². The predicted octanol–water partition coefficient (Wildman–Crippen LogP) is 4.47. The summed E-state index contributed by atoms with van der Waals surface area (Å²) in [6, 6.07) is -0.896. The zero-order valence-electron chi connectivity index (χ0n) is 11.7. The van der Waals surface area contributed by atoms with Crippen molar-refractivity contribution in [3.8, 4) is 0 Å². The molecule has 1 unspecified atom stereocenters. The van der Waals surface area contributed by atoms with Gasteiger partial charge in [-0.3, -0.25) is 0 Å². The smallest absolute Gasteiger partial charge is 0.200 e. The molecular formula is C14H18F5N. The molecular weight excluding hydrogens is 277 g/mol. The van der Waals surface area contributed by atoms with Gasteiger partial charge in [0.15, 0.2) is 23.3 Å². The molecule has 1 aromatic carbocycles. The maximum atomic E-state index is 13.7. The Balaban J connectivity index is 3.25. The third-order valence-electron chi connectivity index (χ3n) is 3.08. The van der Waals surface area contributed by atoms with Gasteiger partial charge in [0.05, 0.1) is 0 Å². The van der Waals surface area contributed by atoms with Crippen LogP contribution in [0, 0.1) is 35.0 Å². The Kier molecular flexibility index (Phi) is 5.92. The van der Waals surface area contributed by atoms with Crippen LogP contribution in [0.5, 0.6) is 0 Å². The summed E-state index contributed by atoms with van der Waals surface area (Å²) in [7, 11) is 0. The SMILES string of the molecule is CCNC(CCC(C)C)c1c(F)c(F)c(F)c(F)c1F. The summed E-state index contributed by atoms with van der Waals surface area (Å²) in [5, 5.41) is 2.77. The number of hydrogen-bond acceptors (Lipinski definition) is 1. The van der Waals surface area contributed by atoms with Gasteiger partial charge in [0.1, 0.15) is 0 Å². The molecule has 0 heterocycles. The van der Waals surface area contributed by atoms with Crippen LogP contribution in [-0.2, 0) is 0 Å². The van der Waals surface area contributed by atoms with Crippen LogP contribution >= 0.6 is 0 Å². The molecule has 0 spiro atoms. The molecule has 1 atom stereocenters. The highest BCUT2D eigenvalue weighted by Crippen LogP contribution is 2.30. The van der Waals surface area contributed by atoms with Gasteiger partial charge in [0.25, 0.3) is 0 Å². The van der Waals surface area contributed by atoms with Crippen LogP contribution in [0.2, 0.25) is 0 Å². The number of benzene rings is 1. The molecule has 0 saturated carbocycles. The maximum absolute atomic E-state index is 13.7. The highest BCUT2D eigenvalue weighted by Gasteiger charge is 2.29. The third-order valence-corrected chi connectivity index (χ3v) is 3.08. The van der Waals surface area contributed by atoms with E-state index in [1.54, 1.807) is 6.92 Å². The summed E-state index contributed by atoms with van der Waals surface area (Å²) in [4.78, 5) is 0. The summed E-state index contributed by atoms with van der Waals surface area (Å²) < 4.78 is 66.9. The fourth-order valence-electron chi connectivity index (χ4n) is 2.02. The van der Waals surface area contributed by atoms with Crippen molar-refractivity contribution >= 4 is 0 Å². The summed E-state index contributed by atoms with van der Waals surface area (Å²) in [6.45, 7) is 5.90. The van der Waals surface area contributed by atoms with Gasteiger partial charge in [-0.05, 0) is 25.3 Å². The molecule has 0 aliphatic rings. The first-order valence-electron chi connectivity index (χ1n) is 6.55. The maximum Gasteiger partial charge on any atom is 0.200 e. The van der Waals surface area contributed by atoms with E-state index in [9.17, 15) is 22.0 Å². The van der Waals surface area contributed by atoms with Crippen molar-refractivity contribution in [3.05, 3.63) is 34.6 Å². The lowest BCUT2D eigenvalue weighted by Crippen LogP contribution is -2.25. The minimum absolute atomic E-state index is 0.262. The molecule has 0 radical (unpaired) electrons. The van der Waals surface area contributed by atoms with Crippen molar-refractivity contribution in [2.45, 2.75) is 39.7 Å². The average Bonchev–Trinajstić information content (AvgIpc) is 2.40. The highest BCUT2D eigenvalue weighted by atomic mass is 19.2. The molecule has 0 aliphatic carbocycles. The molecule has 0 amide bonds. The van der Waals surface area contributed by atoms with E-state index in [4.69, 9.17) is 0 Å². The minimum Gasteiger partial charge on any atom is -0.310 e. The van der Waals surface area contributed by atoms with Gasteiger partial charge in [0.2, 0.25) is 5.82 Å². The van der Waals surface area contributed by atoms with E-state index in [0.717, 1.165) is 0 Å². The second kappa shape index (κ2) is 7.02. The van der Waals surface area contributed by atoms with E-state index in [2.05, 4.69) is 5.32 Å². The number of rotatable bonds is 6. The first-order valence-corrected chi connectivity index (χ1v) is 6.55. The number of halogens is 5. The molecule has 20 heavy (non-hydrogen) atoms. The van der Waals surface area contributed by atoms with Crippen LogP contribution in [0.15, 0.2) is 0 Å². The topological polar surface area (TPSA) is 12.0 Å². The van der Waals surface area contributed by atoms with Crippen molar-refractivity contribution in [3.63, 3.8) is 0 Å². The summed E-state index contributed by atoms with van der Waals surface area (Å²) in [5.74, 6) is -9.16. The van der Waals surface area contributed by atoms with Crippen molar-refractivity contribution < 1.29 is 22.0 Å². The molecule has 0 fully saturated rings. The van der Waals surface area contributed by atoms with Gasteiger partial charge in [-0.25, -0.2) is 22.0 Å². The second-order valence-corrected chi connectivity index (χ2v) is 5.07. The lowest BCUT2D eigenvalue weighted by molar-refractivity contribution is 0.347. The fourth-order valence-corrected chi connectivity index (χ4v) is 2.02. The fraction of sp³-hybridized carbons (Fsp3) is 0.571. The van der Waals surface area contributed by atoms with E-state index in [0.29, 0.717) is 19.4 Å². The van der Waals surface area contributed by atoms with E-state index >= 15 is 0 Å². The van der Waals surface area contributed by atoms with E-state index in [-0.39, 0.29) is 5.92 Å². The Morgan fingerprint density at radius 3 is 1.65 bits per heavy atom. The first-order chi connectivity index (χ1) is 9.31. The Bertz CT molecular complexity index is 444. The average molecular weight is 295 g/mol. The summed E-state index contributed by atoms with van der Waals surface area (Å²) >= 11 is 0. The lowest BCUT2D eigenvalue weighted by atomic mass is 9.96. The second-order valence-electron chi connectivity index (χ2n) is 5.07.